The molecule has 0 aromatic heterocycles. The van der Waals surface area contributed by atoms with E-state index < -0.39 is 8.32 Å². The fraction of sp³-hybridized carbons (Fsp3) is 0.550. The van der Waals surface area contributed by atoms with Crippen LogP contribution in [0.4, 0.5) is 0 Å². The minimum atomic E-state index is -1.85. The molecule has 0 radical (unpaired) electrons. The van der Waals surface area contributed by atoms with Gasteiger partial charge in [-0.1, -0.05) is 57.2 Å². The maximum absolute atomic E-state index is 10.9. The summed E-state index contributed by atoms with van der Waals surface area (Å²) in [5.74, 6) is -0.259. The average molecular weight is 349 g/mol. The Morgan fingerprint density at radius 3 is 2.38 bits per heavy atom. The van der Waals surface area contributed by atoms with E-state index in [2.05, 4.69) is 58.1 Å². The van der Waals surface area contributed by atoms with E-state index in [0.717, 1.165) is 12.8 Å². The summed E-state index contributed by atoms with van der Waals surface area (Å²) in [7, 11) is -1.85. The predicted molar refractivity (Wildman–Crippen MR) is 103 cm³/mol. The van der Waals surface area contributed by atoms with Crippen molar-refractivity contribution in [2.24, 2.45) is 0 Å². The van der Waals surface area contributed by atoms with Crippen molar-refractivity contribution in [3.8, 4) is 0 Å². The van der Waals surface area contributed by atoms with Crippen LogP contribution < -0.4 is 0 Å². The summed E-state index contributed by atoms with van der Waals surface area (Å²) >= 11 is 0. The zero-order valence-electron chi connectivity index (χ0n) is 16.0. The van der Waals surface area contributed by atoms with Gasteiger partial charge in [-0.3, -0.25) is 4.79 Å². The van der Waals surface area contributed by atoms with Crippen LogP contribution in [0.25, 0.3) is 0 Å². The molecular formula is C20H32O3Si. The first-order valence-corrected chi connectivity index (χ1v) is 11.5. The number of esters is 1. The maximum atomic E-state index is 10.9. The summed E-state index contributed by atoms with van der Waals surface area (Å²) < 4.78 is 11.5. The van der Waals surface area contributed by atoms with Gasteiger partial charge < -0.3 is 9.16 Å². The second-order valence-corrected chi connectivity index (χ2v) is 12.4. The van der Waals surface area contributed by atoms with Gasteiger partial charge in [0, 0.05) is 6.92 Å². The molecule has 0 aliphatic heterocycles. The van der Waals surface area contributed by atoms with Gasteiger partial charge >= 0.3 is 5.97 Å². The third-order valence-corrected chi connectivity index (χ3v) is 9.05. The van der Waals surface area contributed by atoms with Gasteiger partial charge in [-0.2, -0.15) is 0 Å². The number of ether oxygens (including phenoxy) is 1. The monoisotopic (exact) mass is 348 g/mol. The van der Waals surface area contributed by atoms with Crippen molar-refractivity contribution in [3.05, 3.63) is 48.0 Å². The van der Waals surface area contributed by atoms with Crippen molar-refractivity contribution in [3.63, 3.8) is 0 Å². The number of rotatable bonds is 8. The highest BCUT2D eigenvalue weighted by molar-refractivity contribution is 6.74. The highest BCUT2D eigenvalue weighted by Crippen LogP contribution is 2.37. The first-order valence-electron chi connectivity index (χ1n) is 8.63. The molecule has 4 heteroatoms. The standard InChI is InChI=1S/C20H32O3Si/c1-17(21)22-16-10-13-19(23-24(5,6)20(2,3)4)15-14-18-11-8-7-9-12-18/h7-13,19H,14-16H2,1-6H3/b13-10+. The van der Waals surface area contributed by atoms with E-state index in [4.69, 9.17) is 9.16 Å². The molecule has 1 atom stereocenters. The van der Waals surface area contributed by atoms with E-state index in [1.165, 1.54) is 12.5 Å². The van der Waals surface area contributed by atoms with Crippen molar-refractivity contribution in [2.75, 3.05) is 6.61 Å². The zero-order chi connectivity index (χ0) is 18.2. The molecule has 1 rings (SSSR count). The van der Waals surface area contributed by atoms with Crippen LogP contribution in [-0.4, -0.2) is 27.0 Å². The van der Waals surface area contributed by atoms with Gasteiger partial charge in [-0.25, -0.2) is 0 Å². The van der Waals surface area contributed by atoms with Crippen molar-refractivity contribution < 1.29 is 14.0 Å². The molecular weight excluding hydrogens is 316 g/mol. The summed E-state index contributed by atoms with van der Waals surface area (Å²) in [6.45, 7) is 13.0. The summed E-state index contributed by atoms with van der Waals surface area (Å²) in [6.07, 6.45) is 5.88. The smallest absolute Gasteiger partial charge is 0.302 e. The number of hydrogen-bond donors (Lipinski definition) is 0. The molecule has 0 heterocycles. The molecule has 1 unspecified atom stereocenters. The lowest BCUT2D eigenvalue weighted by Gasteiger charge is -2.38. The molecule has 0 saturated heterocycles. The van der Waals surface area contributed by atoms with E-state index in [1.54, 1.807) is 0 Å². The summed E-state index contributed by atoms with van der Waals surface area (Å²) in [4.78, 5) is 10.9. The first-order chi connectivity index (χ1) is 11.1. The first kappa shape index (κ1) is 20.7. The van der Waals surface area contributed by atoms with E-state index in [1.807, 2.05) is 18.2 Å². The van der Waals surface area contributed by atoms with Crippen LogP contribution in [0, 0.1) is 0 Å². The van der Waals surface area contributed by atoms with Crippen LogP contribution in [0.15, 0.2) is 42.5 Å². The van der Waals surface area contributed by atoms with Crippen LogP contribution in [0.3, 0.4) is 0 Å². The van der Waals surface area contributed by atoms with E-state index >= 15 is 0 Å². The van der Waals surface area contributed by atoms with Crippen molar-refractivity contribution in [2.45, 2.75) is 64.8 Å². The normalized spacial score (nSPS) is 13.9. The minimum absolute atomic E-state index is 0.0432. The maximum Gasteiger partial charge on any atom is 0.302 e. The van der Waals surface area contributed by atoms with Crippen molar-refractivity contribution in [1.29, 1.82) is 0 Å². The predicted octanol–water partition coefficient (Wildman–Crippen LogP) is 5.13. The minimum Gasteiger partial charge on any atom is -0.462 e. The zero-order valence-corrected chi connectivity index (χ0v) is 17.0. The van der Waals surface area contributed by atoms with Crippen LogP contribution in [0.1, 0.15) is 39.7 Å². The lowest BCUT2D eigenvalue weighted by molar-refractivity contribution is -0.139. The van der Waals surface area contributed by atoms with Crippen LogP contribution in [0.5, 0.6) is 0 Å². The third kappa shape index (κ3) is 7.45. The Hall–Kier alpha value is -1.39. The molecule has 0 spiro atoms. The van der Waals surface area contributed by atoms with Crippen molar-refractivity contribution in [1.82, 2.24) is 0 Å². The molecule has 0 aliphatic carbocycles. The van der Waals surface area contributed by atoms with E-state index in [-0.39, 0.29) is 17.1 Å². The second-order valence-electron chi connectivity index (χ2n) is 7.67. The highest BCUT2D eigenvalue weighted by atomic mass is 28.4. The third-order valence-electron chi connectivity index (χ3n) is 4.55. The number of carbonyl (C=O) groups excluding carboxylic acids is 1. The Morgan fingerprint density at radius 2 is 1.83 bits per heavy atom. The van der Waals surface area contributed by atoms with E-state index in [9.17, 15) is 4.79 Å². The summed E-state index contributed by atoms with van der Waals surface area (Å²) in [5.41, 5.74) is 1.31. The van der Waals surface area contributed by atoms with Gasteiger partial charge in [0.05, 0.1) is 6.10 Å². The molecule has 0 N–H and O–H groups in total. The molecule has 1 aromatic rings. The SMILES string of the molecule is CC(=O)OC/C=C/C(CCc1ccccc1)O[Si](C)(C)C(C)(C)C. The Labute approximate surface area is 148 Å². The Morgan fingerprint density at radius 1 is 1.21 bits per heavy atom. The van der Waals surface area contributed by atoms with Crippen LogP contribution >= 0.6 is 0 Å². The molecule has 0 fully saturated rings. The Kier molecular flexibility index (Phi) is 7.90. The second kappa shape index (κ2) is 9.18. The van der Waals surface area contributed by atoms with E-state index in [0.29, 0.717) is 6.61 Å². The van der Waals surface area contributed by atoms with Gasteiger partial charge in [0.25, 0.3) is 0 Å². The lowest BCUT2D eigenvalue weighted by atomic mass is 10.1. The van der Waals surface area contributed by atoms with Gasteiger partial charge in [-0.05, 0) is 42.6 Å². The topological polar surface area (TPSA) is 35.5 Å². The van der Waals surface area contributed by atoms with Crippen LogP contribution in [-0.2, 0) is 20.4 Å². The largest absolute Gasteiger partial charge is 0.462 e. The summed E-state index contributed by atoms with van der Waals surface area (Å²) in [6, 6.07) is 10.5. The highest BCUT2D eigenvalue weighted by Gasteiger charge is 2.38. The van der Waals surface area contributed by atoms with Crippen molar-refractivity contribution >= 4 is 14.3 Å². The number of carbonyl (C=O) groups is 1. The molecule has 0 amide bonds. The van der Waals surface area contributed by atoms with Gasteiger partial charge in [-0.15, -0.1) is 0 Å². The molecule has 0 aliphatic rings. The quantitative estimate of drug-likeness (QED) is 0.371. The molecule has 0 bridgehead atoms. The van der Waals surface area contributed by atoms with Gasteiger partial charge in [0.15, 0.2) is 8.32 Å². The molecule has 24 heavy (non-hydrogen) atoms. The Bertz CT molecular complexity index is 530. The fourth-order valence-electron chi connectivity index (χ4n) is 2.08. The van der Waals surface area contributed by atoms with Crippen LogP contribution in [0.2, 0.25) is 18.1 Å². The molecule has 1 aromatic carbocycles. The average Bonchev–Trinajstić information content (AvgIpc) is 2.48. The molecule has 134 valence electrons. The Balaban J connectivity index is 2.73. The lowest BCUT2D eigenvalue weighted by Crippen LogP contribution is -2.43. The molecule has 3 nitrogen and oxygen atoms in total. The number of benzene rings is 1. The fourth-order valence-corrected chi connectivity index (χ4v) is 3.38. The number of hydrogen-bond acceptors (Lipinski definition) is 3. The van der Waals surface area contributed by atoms with Gasteiger partial charge in [0.2, 0.25) is 0 Å². The summed E-state index contributed by atoms with van der Waals surface area (Å²) in [5, 5.41) is 0.168. The number of aryl methyl sites for hydroxylation is 1. The van der Waals surface area contributed by atoms with Gasteiger partial charge in [0.1, 0.15) is 6.61 Å². The molecule has 0 saturated carbocycles.